The number of benzene rings is 4. The first-order valence-corrected chi connectivity index (χ1v) is 19.5. The molecule has 6 rings (SSSR count). The van der Waals surface area contributed by atoms with E-state index in [4.69, 9.17) is 28.4 Å². The van der Waals surface area contributed by atoms with E-state index in [1.165, 1.54) is 31.4 Å². The van der Waals surface area contributed by atoms with Crippen molar-refractivity contribution in [3.8, 4) is 34.5 Å². The molecule has 0 saturated heterocycles. The highest BCUT2D eigenvalue weighted by molar-refractivity contribution is 5.92. The summed E-state index contributed by atoms with van der Waals surface area (Å²) in [5.41, 5.74) is 3.98. The summed E-state index contributed by atoms with van der Waals surface area (Å²) in [6.45, 7) is -2.13. The van der Waals surface area contributed by atoms with Crippen LogP contribution in [0.15, 0.2) is 96.3 Å². The highest BCUT2D eigenvalue weighted by atomic mass is 16.6. The van der Waals surface area contributed by atoms with Crippen molar-refractivity contribution in [3.05, 3.63) is 129 Å². The average molecular weight is 882 g/mol. The predicted octanol–water partition coefficient (Wildman–Crippen LogP) is 5.95. The summed E-state index contributed by atoms with van der Waals surface area (Å²) in [5, 5.41) is 50.8. The number of carboxylic acids is 4. The molecule has 1 aliphatic carbocycles. The SMILES string of the molecule is COc1ccc(C2=C3C=CCC=C3Oc3cc(OCc4cc(N(CC(=O)O)CC(=O)O)c(OCCOc5cc(OC)ccc5N(CC(=O)O)CC(=O)O)cc4[N+](=O)[O-])ccc32)c(C)c1. The van der Waals surface area contributed by atoms with Crippen LogP contribution in [0.5, 0.6) is 34.5 Å². The summed E-state index contributed by atoms with van der Waals surface area (Å²) in [5.74, 6) is -3.25. The van der Waals surface area contributed by atoms with E-state index in [0.717, 1.165) is 43.7 Å². The number of rotatable bonds is 22. The van der Waals surface area contributed by atoms with Crippen molar-refractivity contribution in [2.75, 3.05) is 63.4 Å². The summed E-state index contributed by atoms with van der Waals surface area (Å²) in [6, 6.07) is 17.5. The minimum absolute atomic E-state index is 0.0194. The van der Waals surface area contributed by atoms with Crippen LogP contribution in [0.4, 0.5) is 17.1 Å². The average Bonchev–Trinajstić information content (AvgIpc) is 3.25. The van der Waals surface area contributed by atoms with Gasteiger partial charge >= 0.3 is 23.9 Å². The van der Waals surface area contributed by atoms with E-state index in [0.29, 0.717) is 29.4 Å². The summed E-state index contributed by atoms with van der Waals surface area (Å²) < 4.78 is 34.9. The molecule has 2 aliphatic rings. The smallest absolute Gasteiger partial charge is 0.323 e. The molecule has 64 heavy (non-hydrogen) atoms. The minimum Gasteiger partial charge on any atom is -0.497 e. The fraction of sp³-hybridized carbons (Fsp3) is 0.244. The fourth-order valence-electron chi connectivity index (χ4n) is 7.15. The number of nitro groups is 1. The van der Waals surface area contributed by atoms with Gasteiger partial charge in [0.15, 0.2) is 0 Å². The number of ether oxygens (including phenoxy) is 6. The topological polar surface area (TPSA) is 254 Å². The summed E-state index contributed by atoms with van der Waals surface area (Å²) in [7, 11) is 2.97. The Hall–Kier alpha value is -8.22. The minimum atomic E-state index is -1.40. The fourth-order valence-corrected chi connectivity index (χ4v) is 7.15. The lowest BCUT2D eigenvalue weighted by Crippen LogP contribution is -2.35. The van der Waals surface area contributed by atoms with Crippen molar-refractivity contribution in [2.45, 2.75) is 20.0 Å². The highest BCUT2D eigenvalue weighted by Gasteiger charge is 2.29. The van der Waals surface area contributed by atoms with Crippen LogP contribution in [-0.2, 0) is 25.8 Å². The zero-order valence-electron chi connectivity index (χ0n) is 34.8. The van der Waals surface area contributed by atoms with E-state index in [2.05, 4.69) is 0 Å². The van der Waals surface area contributed by atoms with Gasteiger partial charge in [0.1, 0.15) is 86.3 Å². The van der Waals surface area contributed by atoms with E-state index in [1.54, 1.807) is 19.2 Å². The molecule has 1 heterocycles. The van der Waals surface area contributed by atoms with Gasteiger partial charge in [-0.15, -0.1) is 0 Å². The number of nitrogens with zero attached hydrogens (tertiary/aromatic N) is 3. The zero-order chi connectivity index (χ0) is 46.1. The number of hydrogen-bond donors (Lipinski definition) is 4. The predicted molar refractivity (Wildman–Crippen MR) is 229 cm³/mol. The van der Waals surface area contributed by atoms with Gasteiger partial charge in [-0.2, -0.15) is 0 Å². The Morgan fingerprint density at radius 2 is 1.27 bits per heavy atom. The van der Waals surface area contributed by atoms with Gasteiger partial charge in [-0.05, 0) is 73.0 Å². The molecule has 4 N–H and O–H groups in total. The van der Waals surface area contributed by atoms with Gasteiger partial charge in [0.25, 0.3) is 5.69 Å². The number of carbonyl (C=O) groups is 4. The normalized spacial score (nSPS) is 12.5. The van der Waals surface area contributed by atoms with Crippen LogP contribution in [0.25, 0.3) is 5.57 Å². The van der Waals surface area contributed by atoms with Crippen LogP contribution in [0.2, 0.25) is 0 Å². The quantitative estimate of drug-likeness (QED) is 0.0404. The number of anilines is 2. The van der Waals surface area contributed by atoms with E-state index in [-0.39, 0.29) is 47.4 Å². The Bertz CT molecular complexity index is 2550. The first-order valence-electron chi connectivity index (χ1n) is 19.5. The van der Waals surface area contributed by atoms with E-state index in [1.807, 2.05) is 49.4 Å². The maximum absolute atomic E-state index is 12.5. The molecule has 0 aromatic heterocycles. The van der Waals surface area contributed by atoms with Crippen LogP contribution in [0.3, 0.4) is 0 Å². The number of carboxylic acid groups (broad SMARTS) is 4. The number of aliphatic carboxylic acids is 4. The van der Waals surface area contributed by atoms with Crippen molar-refractivity contribution < 1.29 is 72.9 Å². The van der Waals surface area contributed by atoms with Crippen molar-refractivity contribution >= 4 is 46.5 Å². The number of nitro benzene ring substituents is 1. The largest absolute Gasteiger partial charge is 0.497 e. The Kier molecular flexibility index (Phi) is 14.2. The Balaban J connectivity index is 1.29. The Morgan fingerprint density at radius 1 is 0.703 bits per heavy atom. The Morgan fingerprint density at radius 3 is 1.86 bits per heavy atom. The van der Waals surface area contributed by atoms with Crippen molar-refractivity contribution in [2.24, 2.45) is 0 Å². The van der Waals surface area contributed by atoms with Crippen molar-refractivity contribution in [1.29, 1.82) is 0 Å². The second-order valence-electron chi connectivity index (χ2n) is 14.2. The van der Waals surface area contributed by atoms with E-state index >= 15 is 0 Å². The monoisotopic (exact) mass is 881 g/mol. The van der Waals surface area contributed by atoms with Crippen LogP contribution >= 0.6 is 0 Å². The first kappa shape index (κ1) is 45.3. The van der Waals surface area contributed by atoms with Crippen LogP contribution in [-0.4, -0.2) is 103 Å². The van der Waals surface area contributed by atoms with Crippen LogP contribution in [0, 0.1) is 17.0 Å². The number of fused-ring (bicyclic) bond motifs is 2. The Labute approximate surface area is 365 Å². The molecule has 0 saturated carbocycles. The molecule has 19 heteroatoms. The zero-order valence-corrected chi connectivity index (χ0v) is 34.8. The molecule has 0 fully saturated rings. The maximum Gasteiger partial charge on any atom is 0.323 e. The second kappa shape index (κ2) is 20.1. The highest BCUT2D eigenvalue weighted by Crippen LogP contribution is 2.46. The van der Waals surface area contributed by atoms with Crippen LogP contribution < -0.4 is 38.2 Å². The molecule has 4 aromatic carbocycles. The number of allylic oxidation sites excluding steroid dienone is 3. The molecule has 0 unspecified atom stereocenters. The van der Waals surface area contributed by atoms with Gasteiger partial charge in [0.2, 0.25) is 0 Å². The van der Waals surface area contributed by atoms with Gasteiger partial charge in [-0.1, -0.05) is 18.2 Å². The molecule has 0 spiro atoms. The van der Waals surface area contributed by atoms with Crippen molar-refractivity contribution in [3.63, 3.8) is 0 Å². The van der Waals surface area contributed by atoms with Gasteiger partial charge < -0.3 is 58.6 Å². The number of hydrogen-bond acceptors (Lipinski definition) is 14. The van der Waals surface area contributed by atoms with Gasteiger partial charge in [-0.3, -0.25) is 29.3 Å². The molecule has 19 nitrogen and oxygen atoms in total. The summed E-state index contributed by atoms with van der Waals surface area (Å²) in [6.07, 6.45) is 6.66. The third-order valence-corrected chi connectivity index (χ3v) is 9.91. The van der Waals surface area contributed by atoms with Gasteiger partial charge in [-0.25, -0.2) is 0 Å². The third kappa shape index (κ3) is 10.8. The van der Waals surface area contributed by atoms with Gasteiger partial charge in [0.05, 0.1) is 42.1 Å². The lowest BCUT2D eigenvalue weighted by atomic mass is 9.86. The molecular weight excluding hydrogens is 838 g/mol. The second-order valence-corrected chi connectivity index (χ2v) is 14.2. The van der Waals surface area contributed by atoms with E-state index in [9.17, 15) is 49.7 Å². The molecule has 0 bridgehead atoms. The third-order valence-electron chi connectivity index (χ3n) is 9.91. The molecule has 0 radical (unpaired) electrons. The maximum atomic E-state index is 12.5. The van der Waals surface area contributed by atoms with Crippen molar-refractivity contribution in [1.82, 2.24) is 0 Å². The molecule has 4 aromatic rings. The molecular formula is C45H43N3O16. The molecule has 0 amide bonds. The van der Waals surface area contributed by atoms with Gasteiger partial charge in [0, 0.05) is 28.8 Å². The number of methoxy groups -OCH3 is 2. The summed E-state index contributed by atoms with van der Waals surface area (Å²) in [4.78, 5) is 60.9. The molecule has 0 atom stereocenters. The van der Waals surface area contributed by atoms with E-state index < -0.39 is 67.3 Å². The lowest BCUT2D eigenvalue weighted by Gasteiger charge is -2.28. The van der Waals surface area contributed by atoms with Crippen LogP contribution in [0.1, 0.15) is 28.7 Å². The number of aryl methyl sites for hydroxylation is 1. The molecule has 1 aliphatic heterocycles. The first-order chi connectivity index (χ1) is 30.6. The molecule has 334 valence electrons. The lowest BCUT2D eigenvalue weighted by molar-refractivity contribution is -0.385. The summed E-state index contributed by atoms with van der Waals surface area (Å²) >= 11 is 0. The standard InChI is InChI=1S/C45H43N3O16/c1-26-16-28(59-2)8-11-31(26)45-32-6-4-5-7-37(32)64-38-19-30(9-12-33(38)45)63-25-27-17-36(47(23-43(53)54)24-44(55)56)40(20-35(27)48(57)58)62-15-14-61-39-18-29(60-3)10-13-34(39)46(21-41(49)50)22-42(51)52/h4,6-13,16-20H,5,14-15,21-25H2,1-3H3,(H,49,50)(H,51,52)(H,53,54)(H,55,56).